The summed E-state index contributed by atoms with van der Waals surface area (Å²) in [5.74, 6) is -1.52. The first kappa shape index (κ1) is 19.8. The summed E-state index contributed by atoms with van der Waals surface area (Å²) in [6, 6.07) is 4.04. The van der Waals surface area contributed by atoms with E-state index < -0.39 is 22.8 Å². The van der Waals surface area contributed by atoms with Gasteiger partial charge < -0.3 is 20.3 Å². The first-order valence-corrected chi connectivity index (χ1v) is 8.40. The normalized spacial score (nSPS) is 19.0. The summed E-state index contributed by atoms with van der Waals surface area (Å²) >= 11 is 0. The van der Waals surface area contributed by atoms with E-state index in [1.54, 1.807) is 0 Å². The van der Waals surface area contributed by atoms with Gasteiger partial charge in [0.2, 0.25) is 5.43 Å². The van der Waals surface area contributed by atoms with E-state index >= 15 is 0 Å². The van der Waals surface area contributed by atoms with Crippen LogP contribution in [0.25, 0.3) is 16.7 Å². The van der Waals surface area contributed by atoms with Gasteiger partial charge in [-0.05, 0) is 18.1 Å². The lowest BCUT2D eigenvalue weighted by atomic mass is 10.1. The summed E-state index contributed by atoms with van der Waals surface area (Å²) in [6.07, 6.45) is 2.50. The third-order valence-electron chi connectivity index (χ3n) is 4.98. The summed E-state index contributed by atoms with van der Waals surface area (Å²) in [4.78, 5) is 25.8. The van der Waals surface area contributed by atoms with Crippen LogP contribution >= 0.6 is 12.4 Å². The van der Waals surface area contributed by atoms with Crippen LogP contribution in [-0.2, 0) is 0 Å². The Hall–Kier alpha value is -2.91. The molecule has 3 N–H and O–H groups in total. The van der Waals surface area contributed by atoms with Gasteiger partial charge in [0.1, 0.15) is 17.6 Å². The molecule has 2 aromatic heterocycles. The third-order valence-corrected chi connectivity index (χ3v) is 4.98. The smallest absolute Gasteiger partial charge is 0.341 e. The van der Waals surface area contributed by atoms with Gasteiger partial charge in [-0.3, -0.25) is 9.36 Å². The van der Waals surface area contributed by atoms with Crippen molar-refractivity contribution in [3.63, 3.8) is 0 Å². The van der Waals surface area contributed by atoms with Crippen LogP contribution in [0, 0.1) is 11.7 Å². The molecule has 3 aromatic rings. The van der Waals surface area contributed by atoms with Gasteiger partial charge in [-0.25, -0.2) is 9.18 Å². The van der Waals surface area contributed by atoms with Crippen LogP contribution in [0.2, 0.25) is 0 Å². The molecule has 10 heteroatoms. The van der Waals surface area contributed by atoms with Crippen molar-refractivity contribution < 1.29 is 18.8 Å². The summed E-state index contributed by atoms with van der Waals surface area (Å²) < 4.78 is 21.0. The fourth-order valence-corrected chi connectivity index (χ4v) is 3.44. The van der Waals surface area contributed by atoms with Gasteiger partial charge in [0.15, 0.2) is 5.82 Å². The number of nitrogens with zero attached hydrogens (tertiary/aromatic N) is 3. The van der Waals surface area contributed by atoms with Crippen LogP contribution in [0.1, 0.15) is 17.3 Å². The van der Waals surface area contributed by atoms with Crippen molar-refractivity contribution in [2.24, 2.45) is 11.7 Å². The zero-order chi connectivity index (χ0) is 19.3. The molecule has 0 radical (unpaired) electrons. The zero-order valence-electron chi connectivity index (χ0n) is 14.8. The highest BCUT2D eigenvalue weighted by atomic mass is 35.5. The minimum atomic E-state index is -1.40. The van der Waals surface area contributed by atoms with Crippen molar-refractivity contribution >= 4 is 35.0 Å². The molecule has 1 aromatic carbocycles. The van der Waals surface area contributed by atoms with E-state index in [0.29, 0.717) is 24.3 Å². The minimum Gasteiger partial charge on any atom is -0.477 e. The second-order valence-electron chi connectivity index (χ2n) is 6.77. The lowest BCUT2D eigenvalue weighted by molar-refractivity contribution is 0.0695. The standard InChI is InChI=1S/C18H17FN4O4.ClH/c1-9-6-22(8-13(9)20)15-5-14-10(4-12(15)19)17(24)11(18(25)26)7-23(14)16-2-3-27-21-16;/h2-5,7,9,13H,6,8,20H2,1H3,(H,25,26);1H/t9-,13-;/m0./s1. The highest BCUT2D eigenvalue weighted by Crippen LogP contribution is 2.30. The fraction of sp³-hybridized carbons (Fsp3) is 0.278. The van der Waals surface area contributed by atoms with E-state index in [1.807, 2.05) is 11.8 Å². The number of benzene rings is 1. The number of hydrogen-bond donors (Lipinski definition) is 2. The third kappa shape index (κ3) is 3.12. The van der Waals surface area contributed by atoms with Crippen LogP contribution in [0.5, 0.6) is 0 Å². The monoisotopic (exact) mass is 408 g/mol. The molecule has 3 heterocycles. The van der Waals surface area contributed by atoms with Gasteiger partial charge in [0.05, 0.1) is 16.6 Å². The lowest BCUT2D eigenvalue weighted by Crippen LogP contribution is -2.28. The number of pyridine rings is 1. The molecule has 0 amide bonds. The number of carboxylic acids is 1. The number of fused-ring (bicyclic) bond motifs is 1. The Balaban J connectivity index is 0.00000225. The molecule has 0 bridgehead atoms. The first-order chi connectivity index (χ1) is 12.9. The predicted octanol–water partition coefficient (Wildman–Crippen LogP) is 2.02. The van der Waals surface area contributed by atoms with E-state index in [9.17, 15) is 19.1 Å². The molecule has 4 rings (SSSR count). The molecule has 0 aliphatic carbocycles. The van der Waals surface area contributed by atoms with E-state index in [2.05, 4.69) is 5.16 Å². The Bertz CT molecular complexity index is 1090. The van der Waals surface area contributed by atoms with Crippen LogP contribution in [0.15, 0.2) is 40.0 Å². The van der Waals surface area contributed by atoms with Gasteiger partial charge in [0, 0.05) is 31.4 Å². The topological polar surface area (TPSA) is 115 Å². The van der Waals surface area contributed by atoms with E-state index in [-0.39, 0.29) is 35.6 Å². The Morgan fingerprint density at radius 1 is 1.39 bits per heavy atom. The Kier molecular flexibility index (Phi) is 5.14. The van der Waals surface area contributed by atoms with Gasteiger partial charge in [0.25, 0.3) is 0 Å². The van der Waals surface area contributed by atoms with Crippen molar-refractivity contribution in [3.05, 3.63) is 52.3 Å². The van der Waals surface area contributed by atoms with Crippen molar-refractivity contribution in [1.82, 2.24) is 9.72 Å². The van der Waals surface area contributed by atoms with Crippen molar-refractivity contribution in [2.45, 2.75) is 13.0 Å². The molecule has 0 saturated carbocycles. The van der Waals surface area contributed by atoms with E-state index in [0.717, 1.165) is 6.07 Å². The number of rotatable bonds is 3. The molecule has 0 unspecified atom stereocenters. The molecule has 1 aliphatic rings. The average molecular weight is 409 g/mol. The molecule has 1 fully saturated rings. The maximum atomic E-state index is 14.8. The Labute approximate surface area is 164 Å². The molecular weight excluding hydrogens is 391 g/mol. The van der Waals surface area contributed by atoms with Crippen LogP contribution < -0.4 is 16.1 Å². The average Bonchev–Trinajstić information content (AvgIpc) is 3.25. The summed E-state index contributed by atoms with van der Waals surface area (Å²) in [5.41, 5.74) is 5.46. The van der Waals surface area contributed by atoms with Crippen molar-refractivity contribution in [2.75, 3.05) is 18.0 Å². The van der Waals surface area contributed by atoms with E-state index in [4.69, 9.17) is 10.3 Å². The molecular formula is C18H18ClFN4O4. The quantitative estimate of drug-likeness (QED) is 0.681. The highest BCUT2D eigenvalue weighted by Gasteiger charge is 2.29. The summed E-state index contributed by atoms with van der Waals surface area (Å²) in [6.45, 7) is 3.07. The second-order valence-corrected chi connectivity index (χ2v) is 6.77. The second kappa shape index (κ2) is 7.25. The molecule has 1 aliphatic heterocycles. The summed E-state index contributed by atoms with van der Waals surface area (Å²) in [7, 11) is 0. The number of halogens is 2. The summed E-state index contributed by atoms with van der Waals surface area (Å²) in [5, 5.41) is 13.1. The maximum Gasteiger partial charge on any atom is 0.341 e. The molecule has 28 heavy (non-hydrogen) atoms. The largest absolute Gasteiger partial charge is 0.477 e. The molecule has 0 spiro atoms. The van der Waals surface area contributed by atoms with Crippen LogP contribution in [-0.4, -0.2) is 39.9 Å². The number of aromatic nitrogens is 2. The van der Waals surface area contributed by atoms with Gasteiger partial charge in [-0.1, -0.05) is 12.1 Å². The van der Waals surface area contributed by atoms with Crippen molar-refractivity contribution in [3.8, 4) is 5.82 Å². The zero-order valence-corrected chi connectivity index (χ0v) is 15.6. The van der Waals surface area contributed by atoms with Gasteiger partial charge >= 0.3 is 5.97 Å². The fourth-order valence-electron chi connectivity index (χ4n) is 3.44. The Morgan fingerprint density at radius 2 is 2.14 bits per heavy atom. The van der Waals surface area contributed by atoms with Crippen LogP contribution in [0.3, 0.4) is 0 Å². The molecule has 1 saturated heterocycles. The van der Waals surface area contributed by atoms with Crippen molar-refractivity contribution in [1.29, 1.82) is 0 Å². The van der Waals surface area contributed by atoms with Gasteiger partial charge in [-0.15, -0.1) is 12.4 Å². The number of carboxylic acid groups (broad SMARTS) is 1. The molecule has 8 nitrogen and oxygen atoms in total. The number of nitrogens with two attached hydrogens (primary N) is 1. The predicted molar refractivity (Wildman–Crippen MR) is 103 cm³/mol. The maximum absolute atomic E-state index is 14.8. The van der Waals surface area contributed by atoms with E-state index in [1.165, 1.54) is 29.2 Å². The first-order valence-electron chi connectivity index (χ1n) is 8.40. The SMILES string of the molecule is C[C@H]1CN(c2cc3c(cc2F)c(=O)c(C(=O)O)cn3-c2ccon2)C[C@@H]1N.Cl. The molecule has 148 valence electrons. The number of aromatic carboxylic acids is 1. The lowest BCUT2D eigenvalue weighted by Gasteiger charge is -2.20. The number of carbonyl (C=O) groups is 1. The number of hydrogen-bond acceptors (Lipinski definition) is 6. The Morgan fingerprint density at radius 3 is 2.71 bits per heavy atom. The highest BCUT2D eigenvalue weighted by molar-refractivity contribution is 5.94. The van der Waals surface area contributed by atoms with Crippen LogP contribution in [0.4, 0.5) is 10.1 Å². The van der Waals surface area contributed by atoms with Gasteiger partial charge in [-0.2, -0.15) is 0 Å². The number of anilines is 1. The minimum absolute atomic E-state index is 0. The molecule has 2 atom stereocenters.